The van der Waals surface area contributed by atoms with Crippen LogP contribution in [0, 0.1) is 5.82 Å². The van der Waals surface area contributed by atoms with Gasteiger partial charge in [0.15, 0.2) is 17.4 Å². The van der Waals surface area contributed by atoms with Crippen molar-refractivity contribution in [1.82, 2.24) is 14.9 Å². The van der Waals surface area contributed by atoms with Crippen LogP contribution in [0.4, 0.5) is 4.39 Å². The molecule has 3 rings (SSSR count). The lowest BCUT2D eigenvalue weighted by atomic mass is 10.2. The van der Waals surface area contributed by atoms with Gasteiger partial charge in [-0.05, 0) is 30.3 Å². The van der Waals surface area contributed by atoms with Gasteiger partial charge in [-0.25, -0.2) is 9.07 Å². The summed E-state index contributed by atoms with van der Waals surface area (Å²) in [7, 11) is 0. The summed E-state index contributed by atoms with van der Waals surface area (Å²) >= 11 is 13.4. The highest BCUT2D eigenvalue weighted by Crippen LogP contribution is 2.30. The number of hydrogen-bond acceptors (Lipinski definition) is 5. The fourth-order valence-corrected chi connectivity index (χ4v) is 3.24. The molecular formula is C16H13Cl2FN4OS. The SMILES string of the molecule is Nn1c(SCCOc2ccccc2F)nnc1-c1ccc(Cl)cc1Cl. The molecule has 0 spiro atoms. The monoisotopic (exact) mass is 398 g/mol. The van der Waals surface area contributed by atoms with Gasteiger partial charge < -0.3 is 10.6 Å². The third kappa shape index (κ3) is 4.18. The van der Waals surface area contributed by atoms with E-state index in [1.165, 1.54) is 22.5 Å². The third-order valence-electron chi connectivity index (χ3n) is 3.25. The zero-order valence-electron chi connectivity index (χ0n) is 12.8. The highest BCUT2D eigenvalue weighted by Gasteiger charge is 2.15. The molecule has 0 saturated carbocycles. The van der Waals surface area contributed by atoms with Gasteiger partial charge in [0.25, 0.3) is 0 Å². The molecule has 130 valence electrons. The van der Waals surface area contributed by atoms with Crippen LogP contribution in [-0.2, 0) is 0 Å². The van der Waals surface area contributed by atoms with Crippen LogP contribution >= 0.6 is 35.0 Å². The average Bonchev–Trinajstić information content (AvgIpc) is 2.94. The molecule has 3 aromatic rings. The highest BCUT2D eigenvalue weighted by molar-refractivity contribution is 7.99. The molecule has 0 fully saturated rings. The molecule has 2 aromatic carbocycles. The second kappa shape index (κ2) is 7.95. The second-order valence-electron chi connectivity index (χ2n) is 4.93. The van der Waals surface area contributed by atoms with Crippen LogP contribution in [0.15, 0.2) is 47.6 Å². The summed E-state index contributed by atoms with van der Waals surface area (Å²) in [5.74, 6) is 6.81. The molecule has 0 bridgehead atoms. The van der Waals surface area contributed by atoms with Crippen molar-refractivity contribution in [2.24, 2.45) is 0 Å². The minimum atomic E-state index is -0.394. The Hall–Kier alpha value is -1.96. The molecule has 0 amide bonds. The fourth-order valence-electron chi connectivity index (χ4n) is 2.08. The summed E-state index contributed by atoms with van der Waals surface area (Å²) in [4.78, 5) is 0. The number of nitrogen functional groups attached to an aromatic ring is 1. The smallest absolute Gasteiger partial charge is 0.210 e. The van der Waals surface area contributed by atoms with E-state index in [4.69, 9.17) is 33.8 Å². The van der Waals surface area contributed by atoms with Crippen LogP contribution in [0.25, 0.3) is 11.4 Å². The molecule has 5 nitrogen and oxygen atoms in total. The number of nitrogens with zero attached hydrogens (tertiary/aromatic N) is 3. The predicted molar refractivity (Wildman–Crippen MR) is 98.2 cm³/mol. The maximum atomic E-state index is 13.5. The van der Waals surface area contributed by atoms with Gasteiger partial charge in [-0.15, -0.1) is 10.2 Å². The summed E-state index contributed by atoms with van der Waals surface area (Å²) in [6.07, 6.45) is 0. The molecule has 0 radical (unpaired) electrons. The van der Waals surface area contributed by atoms with Crippen molar-refractivity contribution in [1.29, 1.82) is 0 Å². The van der Waals surface area contributed by atoms with E-state index < -0.39 is 5.82 Å². The van der Waals surface area contributed by atoms with E-state index in [2.05, 4.69) is 10.2 Å². The maximum Gasteiger partial charge on any atom is 0.210 e. The normalized spacial score (nSPS) is 10.8. The second-order valence-corrected chi connectivity index (χ2v) is 6.83. The van der Waals surface area contributed by atoms with Gasteiger partial charge >= 0.3 is 0 Å². The third-order valence-corrected chi connectivity index (χ3v) is 4.70. The fraction of sp³-hybridized carbons (Fsp3) is 0.125. The van der Waals surface area contributed by atoms with E-state index >= 15 is 0 Å². The van der Waals surface area contributed by atoms with E-state index in [0.717, 1.165) is 0 Å². The van der Waals surface area contributed by atoms with Crippen LogP contribution in [0.2, 0.25) is 10.0 Å². The Morgan fingerprint density at radius 2 is 1.96 bits per heavy atom. The Morgan fingerprint density at radius 3 is 2.72 bits per heavy atom. The molecule has 1 heterocycles. The van der Waals surface area contributed by atoms with Crippen molar-refractivity contribution in [3.05, 3.63) is 58.3 Å². The first-order valence-electron chi connectivity index (χ1n) is 7.22. The summed E-state index contributed by atoms with van der Waals surface area (Å²) in [6.45, 7) is 0.301. The zero-order chi connectivity index (χ0) is 17.8. The predicted octanol–water partition coefficient (Wildman–Crippen LogP) is 4.28. The van der Waals surface area contributed by atoms with Gasteiger partial charge in [0.1, 0.15) is 0 Å². The van der Waals surface area contributed by atoms with Crippen LogP contribution < -0.4 is 10.6 Å². The van der Waals surface area contributed by atoms with E-state index in [1.54, 1.807) is 36.4 Å². The van der Waals surface area contributed by atoms with Gasteiger partial charge in [0, 0.05) is 16.3 Å². The zero-order valence-corrected chi connectivity index (χ0v) is 15.2. The van der Waals surface area contributed by atoms with E-state index in [1.807, 2.05) is 0 Å². The minimum absolute atomic E-state index is 0.214. The number of nitrogens with two attached hydrogens (primary N) is 1. The molecule has 2 N–H and O–H groups in total. The first-order chi connectivity index (χ1) is 12.1. The lowest BCUT2D eigenvalue weighted by Gasteiger charge is -2.07. The van der Waals surface area contributed by atoms with Crippen molar-refractivity contribution in [2.45, 2.75) is 5.16 Å². The lowest BCUT2D eigenvalue weighted by molar-refractivity contribution is 0.325. The highest BCUT2D eigenvalue weighted by atomic mass is 35.5. The first-order valence-corrected chi connectivity index (χ1v) is 8.96. The number of aromatic nitrogens is 3. The molecule has 1 aromatic heterocycles. The van der Waals surface area contributed by atoms with Crippen LogP contribution in [0.5, 0.6) is 5.75 Å². The largest absolute Gasteiger partial charge is 0.490 e. The van der Waals surface area contributed by atoms with Crippen molar-refractivity contribution < 1.29 is 9.13 Å². The molecule has 0 aliphatic heterocycles. The van der Waals surface area contributed by atoms with E-state index in [-0.39, 0.29) is 5.75 Å². The van der Waals surface area contributed by atoms with Crippen LogP contribution in [-0.4, -0.2) is 27.2 Å². The number of rotatable bonds is 6. The van der Waals surface area contributed by atoms with Gasteiger partial charge in [-0.2, -0.15) is 0 Å². The van der Waals surface area contributed by atoms with Gasteiger partial charge in [0.05, 0.1) is 11.6 Å². The molecule has 0 saturated heterocycles. The lowest BCUT2D eigenvalue weighted by Crippen LogP contribution is -2.12. The van der Waals surface area contributed by atoms with Crippen molar-refractivity contribution in [2.75, 3.05) is 18.2 Å². The Kier molecular flexibility index (Phi) is 5.67. The minimum Gasteiger partial charge on any atom is -0.490 e. The van der Waals surface area contributed by atoms with Crippen LogP contribution in [0.3, 0.4) is 0 Å². The number of ether oxygens (including phenoxy) is 1. The Labute approximate surface area is 157 Å². The molecule has 25 heavy (non-hydrogen) atoms. The van der Waals surface area contributed by atoms with Gasteiger partial charge in [-0.1, -0.05) is 47.1 Å². The number of para-hydroxylation sites is 1. The average molecular weight is 399 g/mol. The van der Waals surface area contributed by atoms with Gasteiger partial charge in [0.2, 0.25) is 5.16 Å². The van der Waals surface area contributed by atoms with E-state index in [0.29, 0.717) is 38.9 Å². The summed E-state index contributed by atoms with van der Waals surface area (Å²) in [5, 5.41) is 9.57. The maximum absolute atomic E-state index is 13.5. The number of halogens is 3. The molecule has 0 aliphatic rings. The van der Waals surface area contributed by atoms with Crippen molar-refractivity contribution in [3.8, 4) is 17.1 Å². The first kappa shape index (κ1) is 17.8. The Balaban J connectivity index is 1.63. The molecule has 0 unspecified atom stereocenters. The number of hydrogen-bond donors (Lipinski definition) is 1. The summed E-state index contributed by atoms with van der Waals surface area (Å²) in [5.41, 5.74) is 0.635. The summed E-state index contributed by atoms with van der Waals surface area (Å²) < 4.78 is 20.2. The van der Waals surface area contributed by atoms with Gasteiger partial charge in [-0.3, -0.25) is 0 Å². The quantitative estimate of drug-likeness (QED) is 0.381. The number of benzene rings is 2. The van der Waals surface area contributed by atoms with Crippen molar-refractivity contribution >= 4 is 35.0 Å². The van der Waals surface area contributed by atoms with Crippen LogP contribution in [0.1, 0.15) is 0 Å². The number of thioether (sulfide) groups is 1. The molecule has 9 heteroatoms. The van der Waals surface area contributed by atoms with Crippen molar-refractivity contribution in [3.63, 3.8) is 0 Å². The molecular weight excluding hydrogens is 386 g/mol. The summed E-state index contributed by atoms with van der Waals surface area (Å²) in [6, 6.07) is 11.3. The topological polar surface area (TPSA) is 66.0 Å². The van der Waals surface area contributed by atoms with E-state index in [9.17, 15) is 4.39 Å². The molecule has 0 atom stereocenters. The standard InChI is InChI=1S/C16H13Cl2FN4OS/c17-10-5-6-11(12(18)9-10)15-21-22-16(23(15)20)25-8-7-24-14-4-2-1-3-13(14)19/h1-6,9H,7-8,20H2. The molecule has 0 aliphatic carbocycles. The Morgan fingerprint density at radius 1 is 1.16 bits per heavy atom. The Bertz CT molecular complexity index is 890.